The van der Waals surface area contributed by atoms with Crippen LogP contribution in [0.25, 0.3) is 11.1 Å². The van der Waals surface area contributed by atoms with E-state index in [1.54, 1.807) is 0 Å². The molecule has 0 bridgehead atoms. The Bertz CT molecular complexity index is 575. The minimum atomic E-state index is -0.433. The van der Waals surface area contributed by atoms with Gasteiger partial charge in [-0.25, -0.2) is 0 Å². The third-order valence-corrected chi connectivity index (χ3v) is 3.98. The zero-order valence-corrected chi connectivity index (χ0v) is 12.0. The largest absolute Gasteiger partial charge is 0.392 e. The Labute approximate surface area is 125 Å². The molecule has 0 aliphatic carbocycles. The molecule has 0 aromatic heterocycles. The minimum Gasteiger partial charge on any atom is -0.392 e. The fourth-order valence-corrected chi connectivity index (χ4v) is 3.06. The molecule has 1 aliphatic heterocycles. The normalized spacial score (nSPS) is 23.1. The van der Waals surface area contributed by atoms with Crippen molar-refractivity contribution in [2.45, 2.75) is 25.2 Å². The quantitative estimate of drug-likeness (QED) is 0.908. The van der Waals surface area contributed by atoms with Gasteiger partial charge >= 0.3 is 0 Å². The Morgan fingerprint density at radius 2 is 1.48 bits per heavy atom. The molecule has 2 N–H and O–H groups in total. The van der Waals surface area contributed by atoms with E-state index in [0.29, 0.717) is 19.5 Å². The standard InChI is InChI=1S/C18H21NO2/c20-16-10-17(21)13-19(12-16)11-15-8-4-5-9-18(15)14-6-2-1-3-7-14/h1-9,16-17,20-21H,10-13H2/t16-,17-/m1/s1. The van der Waals surface area contributed by atoms with Crippen molar-refractivity contribution in [1.82, 2.24) is 4.90 Å². The van der Waals surface area contributed by atoms with Crippen molar-refractivity contribution in [3.05, 3.63) is 60.2 Å². The summed E-state index contributed by atoms with van der Waals surface area (Å²) in [6, 6.07) is 18.7. The fraction of sp³-hybridized carbons (Fsp3) is 0.333. The summed E-state index contributed by atoms with van der Waals surface area (Å²) >= 11 is 0. The van der Waals surface area contributed by atoms with E-state index in [9.17, 15) is 10.2 Å². The number of piperidine rings is 1. The van der Waals surface area contributed by atoms with E-state index in [4.69, 9.17) is 0 Å². The van der Waals surface area contributed by atoms with Crippen LogP contribution in [0.2, 0.25) is 0 Å². The SMILES string of the molecule is O[C@@H]1C[C@@H](O)CN(Cc2ccccc2-c2ccccc2)C1. The molecule has 0 saturated carbocycles. The summed E-state index contributed by atoms with van der Waals surface area (Å²) in [5.41, 5.74) is 3.64. The molecule has 3 heteroatoms. The zero-order valence-electron chi connectivity index (χ0n) is 12.0. The van der Waals surface area contributed by atoms with E-state index in [-0.39, 0.29) is 0 Å². The first-order valence-corrected chi connectivity index (χ1v) is 7.44. The summed E-state index contributed by atoms with van der Waals surface area (Å²) in [6.07, 6.45) is -0.383. The first kappa shape index (κ1) is 14.3. The van der Waals surface area contributed by atoms with Crippen molar-refractivity contribution in [2.75, 3.05) is 13.1 Å². The molecule has 1 heterocycles. The van der Waals surface area contributed by atoms with Crippen molar-refractivity contribution < 1.29 is 10.2 Å². The smallest absolute Gasteiger partial charge is 0.0692 e. The lowest BCUT2D eigenvalue weighted by molar-refractivity contribution is -0.0110. The van der Waals surface area contributed by atoms with Crippen LogP contribution in [0.15, 0.2) is 54.6 Å². The van der Waals surface area contributed by atoms with E-state index in [1.807, 2.05) is 30.3 Å². The second-order valence-corrected chi connectivity index (χ2v) is 5.76. The number of nitrogens with zero attached hydrogens (tertiary/aromatic N) is 1. The van der Waals surface area contributed by atoms with E-state index < -0.39 is 12.2 Å². The topological polar surface area (TPSA) is 43.7 Å². The highest BCUT2D eigenvalue weighted by Gasteiger charge is 2.24. The molecule has 0 unspecified atom stereocenters. The summed E-state index contributed by atoms with van der Waals surface area (Å²) in [5, 5.41) is 19.6. The van der Waals surface area contributed by atoms with Gasteiger partial charge in [-0.15, -0.1) is 0 Å². The third-order valence-electron chi connectivity index (χ3n) is 3.98. The molecule has 0 radical (unpaired) electrons. The number of aliphatic hydroxyl groups excluding tert-OH is 2. The van der Waals surface area contributed by atoms with Gasteiger partial charge in [0.1, 0.15) is 0 Å². The number of rotatable bonds is 3. The minimum absolute atomic E-state index is 0.433. The average Bonchev–Trinajstić information content (AvgIpc) is 2.48. The van der Waals surface area contributed by atoms with Crippen LogP contribution in [0.1, 0.15) is 12.0 Å². The Morgan fingerprint density at radius 3 is 2.19 bits per heavy atom. The predicted octanol–water partition coefficient (Wildman–Crippen LogP) is 2.28. The van der Waals surface area contributed by atoms with Gasteiger partial charge in [0, 0.05) is 26.1 Å². The van der Waals surface area contributed by atoms with Crippen LogP contribution in [0.3, 0.4) is 0 Å². The molecule has 2 atom stereocenters. The highest BCUT2D eigenvalue weighted by Crippen LogP contribution is 2.25. The van der Waals surface area contributed by atoms with E-state index in [1.165, 1.54) is 16.7 Å². The highest BCUT2D eigenvalue weighted by molar-refractivity contribution is 5.67. The van der Waals surface area contributed by atoms with Crippen LogP contribution in [-0.4, -0.2) is 40.4 Å². The van der Waals surface area contributed by atoms with Crippen molar-refractivity contribution in [3.63, 3.8) is 0 Å². The Morgan fingerprint density at radius 1 is 0.857 bits per heavy atom. The van der Waals surface area contributed by atoms with Crippen molar-refractivity contribution in [1.29, 1.82) is 0 Å². The van der Waals surface area contributed by atoms with E-state index in [2.05, 4.69) is 29.2 Å². The lowest BCUT2D eigenvalue weighted by atomic mass is 9.98. The Hall–Kier alpha value is -1.68. The molecule has 3 rings (SSSR count). The van der Waals surface area contributed by atoms with Gasteiger partial charge in [-0.3, -0.25) is 4.90 Å². The summed E-state index contributed by atoms with van der Waals surface area (Å²) in [6.45, 7) is 2.00. The van der Waals surface area contributed by atoms with Gasteiger partial charge in [-0.05, 0) is 16.7 Å². The number of aliphatic hydroxyl groups is 2. The molecule has 0 amide bonds. The molecule has 3 nitrogen and oxygen atoms in total. The van der Waals surface area contributed by atoms with Crippen LogP contribution >= 0.6 is 0 Å². The molecule has 2 aromatic rings. The maximum absolute atomic E-state index is 9.81. The molecule has 1 saturated heterocycles. The average molecular weight is 283 g/mol. The van der Waals surface area contributed by atoms with Crippen molar-refractivity contribution in [2.24, 2.45) is 0 Å². The molecule has 2 aromatic carbocycles. The van der Waals surface area contributed by atoms with Gasteiger partial charge in [0.25, 0.3) is 0 Å². The monoisotopic (exact) mass is 283 g/mol. The second-order valence-electron chi connectivity index (χ2n) is 5.76. The first-order valence-electron chi connectivity index (χ1n) is 7.44. The predicted molar refractivity (Wildman–Crippen MR) is 83.8 cm³/mol. The lowest BCUT2D eigenvalue weighted by Crippen LogP contribution is -2.45. The van der Waals surface area contributed by atoms with Crippen molar-refractivity contribution in [3.8, 4) is 11.1 Å². The number of β-amino-alcohol motifs (C(OH)–C–C–N with tert-alkyl or cyclic N) is 2. The number of likely N-dealkylation sites (tertiary alicyclic amines) is 1. The maximum Gasteiger partial charge on any atom is 0.0692 e. The molecule has 0 spiro atoms. The molecular formula is C18H21NO2. The van der Waals surface area contributed by atoms with Gasteiger partial charge in [0.2, 0.25) is 0 Å². The second kappa shape index (κ2) is 6.39. The van der Waals surface area contributed by atoms with Crippen LogP contribution in [0.4, 0.5) is 0 Å². The van der Waals surface area contributed by atoms with Gasteiger partial charge < -0.3 is 10.2 Å². The van der Waals surface area contributed by atoms with Crippen LogP contribution in [-0.2, 0) is 6.54 Å². The van der Waals surface area contributed by atoms with E-state index in [0.717, 1.165) is 6.54 Å². The molecule has 1 aliphatic rings. The third kappa shape index (κ3) is 3.50. The Kier molecular flexibility index (Phi) is 4.34. The van der Waals surface area contributed by atoms with Gasteiger partial charge in [0.05, 0.1) is 12.2 Å². The first-order chi connectivity index (χ1) is 10.2. The molecule has 21 heavy (non-hydrogen) atoms. The lowest BCUT2D eigenvalue weighted by Gasteiger charge is -2.33. The fourth-order valence-electron chi connectivity index (χ4n) is 3.06. The summed E-state index contributed by atoms with van der Waals surface area (Å²) < 4.78 is 0. The number of hydrogen-bond donors (Lipinski definition) is 2. The zero-order chi connectivity index (χ0) is 14.7. The van der Waals surface area contributed by atoms with Gasteiger partial charge in [-0.1, -0.05) is 54.6 Å². The molecule has 1 fully saturated rings. The highest BCUT2D eigenvalue weighted by atomic mass is 16.3. The molecule has 110 valence electrons. The summed E-state index contributed by atoms with van der Waals surface area (Å²) in [4.78, 5) is 2.13. The summed E-state index contributed by atoms with van der Waals surface area (Å²) in [5.74, 6) is 0. The van der Waals surface area contributed by atoms with Gasteiger partial charge in [-0.2, -0.15) is 0 Å². The van der Waals surface area contributed by atoms with Crippen LogP contribution in [0.5, 0.6) is 0 Å². The maximum atomic E-state index is 9.81. The number of benzene rings is 2. The van der Waals surface area contributed by atoms with Gasteiger partial charge in [0.15, 0.2) is 0 Å². The van der Waals surface area contributed by atoms with Crippen molar-refractivity contribution >= 4 is 0 Å². The number of hydrogen-bond acceptors (Lipinski definition) is 3. The summed E-state index contributed by atoms with van der Waals surface area (Å²) in [7, 11) is 0. The van der Waals surface area contributed by atoms with Crippen LogP contribution < -0.4 is 0 Å². The molecular weight excluding hydrogens is 262 g/mol. The Balaban J connectivity index is 1.83. The van der Waals surface area contributed by atoms with E-state index >= 15 is 0 Å². The van der Waals surface area contributed by atoms with Crippen LogP contribution in [0, 0.1) is 0 Å².